The molecule has 0 spiro atoms. The Morgan fingerprint density at radius 2 is 1.55 bits per heavy atom. The van der Waals surface area contributed by atoms with Crippen molar-refractivity contribution in [2.24, 2.45) is 0 Å². The third-order valence-corrected chi connectivity index (χ3v) is 5.54. The number of amides is 1. The molecule has 0 saturated heterocycles. The first kappa shape index (κ1) is 22.7. The average Bonchev–Trinajstić information content (AvgIpc) is 2.76. The van der Waals surface area contributed by atoms with Gasteiger partial charge in [-0.15, -0.1) is 11.8 Å². The number of carbonyl (C=O) groups is 1. The number of hydrogen-bond acceptors (Lipinski definition) is 4. The standard InChI is InChI=1S/C24H25N3O2S2/c1-3-29-21-14-12-19(13-15-21)25-23(28)17(2)31-22-11-7-10-20(16-22)27-24(30)26-18-8-5-4-6-9-18/h4-17H,3H2,1-2H3,(H,25,28)(H2,26,27,30). The van der Waals surface area contributed by atoms with Gasteiger partial charge in [-0.3, -0.25) is 4.79 Å². The predicted octanol–water partition coefficient (Wildman–Crippen LogP) is 6.01. The van der Waals surface area contributed by atoms with E-state index in [1.807, 2.05) is 92.7 Å². The summed E-state index contributed by atoms with van der Waals surface area (Å²) in [4.78, 5) is 13.6. The van der Waals surface area contributed by atoms with Crippen LogP contribution in [-0.4, -0.2) is 22.9 Å². The number of hydrogen-bond donors (Lipinski definition) is 3. The molecule has 3 rings (SSSR count). The van der Waals surface area contributed by atoms with E-state index >= 15 is 0 Å². The first-order chi connectivity index (χ1) is 15.0. The summed E-state index contributed by atoms with van der Waals surface area (Å²) in [7, 11) is 0. The molecule has 1 atom stereocenters. The molecular formula is C24H25N3O2S2. The summed E-state index contributed by atoms with van der Waals surface area (Å²) < 4.78 is 5.43. The molecule has 31 heavy (non-hydrogen) atoms. The lowest BCUT2D eigenvalue weighted by Gasteiger charge is -2.14. The van der Waals surface area contributed by atoms with E-state index in [-0.39, 0.29) is 11.2 Å². The quantitative estimate of drug-likeness (QED) is 0.288. The van der Waals surface area contributed by atoms with Crippen LogP contribution in [0.25, 0.3) is 0 Å². The maximum absolute atomic E-state index is 12.6. The summed E-state index contributed by atoms with van der Waals surface area (Å²) in [6, 6.07) is 24.9. The van der Waals surface area contributed by atoms with Gasteiger partial charge in [-0.1, -0.05) is 24.3 Å². The van der Waals surface area contributed by atoms with Gasteiger partial charge in [0.1, 0.15) is 5.75 Å². The molecule has 0 fully saturated rings. The lowest BCUT2D eigenvalue weighted by Crippen LogP contribution is -2.22. The molecule has 0 heterocycles. The Bertz CT molecular complexity index is 1010. The van der Waals surface area contributed by atoms with Crippen LogP contribution in [0.4, 0.5) is 17.1 Å². The monoisotopic (exact) mass is 451 g/mol. The lowest BCUT2D eigenvalue weighted by atomic mass is 10.3. The van der Waals surface area contributed by atoms with E-state index < -0.39 is 0 Å². The van der Waals surface area contributed by atoms with Crippen LogP contribution in [0.5, 0.6) is 5.75 Å². The first-order valence-corrected chi connectivity index (χ1v) is 11.3. The summed E-state index contributed by atoms with van der Waals surface area (Å²) in [6.07, 6.45) is 0. The topological polar surface area (TPSA) is 62.4 Å². The maximum Gasteiger partial charge on any atom is 0.237 e. The van der Waals surface area contributed by atoms with Gasteiger partial charge in [0.2, 0.25) is 5.91 Å². The van der Waals surface area contributed by atoms with Crippen LogP contribution in [0.2, 0.25) is 0 Å². The molecule has 0 aliphatic heterocycles. The van der Waals surface area contributed by atoms with Crippen molar-refractivity contribution in [1.82, 2.24) is 0 Å². The van der Waals surface area contributed by atoms with Crippen LogP contribution in [-0.2, 0) is 4.79 Å². The molecule has 0 bridgehead atoms. The summed E-state index contributed by atoms with van der Waals surface area (Å²) in [6.45, 7) is 4.43. The fourth-order valence-corrected chi connectivity index (χ4v) is 3.93. The van der Waals surface area contributed by atoms with Crippen molar-refractivity contribution >= 4 is 52.1 Å². The van der Waals surface area contributed by atoms with Crippen LogP contribution in [0.15, 0.2) is 83.8 Å². The third kappa shape index (κ3) is 7.31. The highest BCUT2D eigenvalue weighted by Gasteiger charge is 2.15. The predicted molar refractivity (Wildman–Crippen MR) is 134 cm³/mol. The van der Waals surface area contributed by atoms with E-state index in [9.17, 15) is 4.79 Å². The van der Waals surface area contributed by atoms with Crippen LogP contribution >= 0.6 is 24.0 Å². The Kier molecular flexibility index (Phi) is 8.32. The van der Waals surface area contributed by atoms with Gasteiger partial charge in [0.05, 0.1) is 11.9 Å². The summed E-state index contributed by atoms with van der Waals surface area (Å²) in [5, 5.41) is 9.52. The van der Waals surface area contributed by atoms with Crippen molar-refractivity contribution in [2.45, 2.75) is 24.0 Å². The molecule has 1 unspecified atom stereocenters. The fraction of sp³-hybridized carbons (Fsp3) is 0.167. The van der Waals surface area contributed by atoms with Gasteiger partial charge in [-0.25, -0.2) is 0 Å². The Hall–Kier alpha value is -3.03. The summed E-state index contributed by atoms with van der Waals surface area (Å²) in [5.74, 6) is 0.723. The number of ether oxygens (including phenoxy) is 1. The van der Waals surface area contributed by atoms with Gasteiger partial charge in [-0.05, 0) is 80.7 Å². The minimum atomic E-state index is -0.267. The van der Waals surface area contributed by atoms with E-state index in [2.05, 4.69) is 16.0 Å². The largest absolute Gasteiger partial charge is 0.494 e. The number of nitrogens with one attached hydrogen (secondary N) is 3. The van der Waals surface area contributed by atoms with E-state index in [0.29, 0.717) is 11.7 Å². The zero-order valence-electron chi connectivity index (χ0n) is 17.4. The second-order valence-corrected chi connectivity index (χ2v) is 8.50. The number of para-hydroxylation sites is 1. The molecule has 3 aromatic carbocycles. The molecule has 3 aromatic rings. The Labute approximate surface area is 192 Å². The maximum atomic E-state index is 12.6. The number of rotatable bonds is 8. The number of thiocarbonyl (C=S) groups is 1. The van der Waals surface area contributed by atoms with E-state index in [1.54, 1.807) is 0 Å². The molecular weight excluding hydrogens is 426 g/mol. The smallest absolute Gasteiger partial charge is 0.237 e. The molecule has 7 heteroatoms. The van der Waals surface area contributed by atoms with Crippen LogP contribution in [0.1, 0.15) is 13.8 Å². The fourth-order valence-electron chi connectivity index (χ4n) is 2.76. The minimum Gasteiger partial charge on any atom is -0.494 e. The van der Waals surface area contributed by atoms with Crippen LogP contribution < -0.4 is 20.7 Å². The minimum absolute atomic E-state index is 0.0613. The molecule has 160 valence electrons. The molecule has 0 radical (unpaired) electrons. The van der Waals surface area contributed by atoms with Gasteiger partial charge in [0, 0.05) is 22.0 Å². The summed E-state index contributed by atoms with van der Waals surface area (Å²) >= 11 is 6.87. The highest BCUT2D eigenvalue weighted by atomic mass is 32.2. The van der Waals surface area contributed by atoms with Gasteiger partial charge < -0.3 is 20.7 Å². The van der Waals surface area contributed by atoms with Crippen LogP contribution in [0, 0.1) is 0 Å². The molecule has 5 nitrogen and oxygen atoms in total. The van der Waals surface area contributed by atoms with Gasteiger partial charge in [-0.2, -0.15) is 0 Å². The van der Waals surface area contributed by atoms with E-state index in [4.69, 9.17) is 17.0 Å². The number of anilines is 3. The van der Waals surface area contributed by atoms with Crippen molar-refractivity contribution in [1.29, 1.82) is 0 Å². The molecule has 0 aliphatic carbocycles. The van der Waals surface area contributed by atoms with Gasteiger partial charge >= 0.3 is 0 Å². The van der Waals surface area contributed by atoms with Crippen LogP contribution in [0.3, 0.4) is 0 Å². The molecule has 0 aromatic heterocycles. The van der Waals surface area contributed by atoms with Crippen molar-refractivity contribution < 1.29 is 9.53 Å². The molecule has 0 aliphatic rings. The number of benzene rings is 3. The molecule has 1 amide bonds. The van der Waals surface area contributed by atoms with Crippen molar-refractivity contribution in [2.75, 3.05) is 22.6 Å². The SMILES string of the molecule is CCOc1ccc(NC(=O)C(C)Sc2cccc(NC(=S)Nc3ccccc3)c2)cc1. The lowest BCUT2D eigenvalue weighted by molar-refractivity contribution is -0.115. The zero-order valence-corrected chi connectivity index (χ0v) is 19.1. The first-order valence-electron chi connectivity index (χ1n) is 9.97. The van der Waals surface area contributed by atoms with Crippen molar-refractivity contribution in [3.63, 3.8) is 0 Å². The number of carbonyl (C=O) groups excluding carboxylic acids is 1. The van der Waals surface area contributed by atoms with Gasteiger partial charge in [0.25, 0.3) is 0 Å². The Morgan fingerprint density at radius 3 is 2.26 bits per heavy atom. The highest BCUT2D eigenvalue weighted by molar-refractivity contribution is 8.00. The molecule has 0 saturated carbocycles. The Morgan fingerprint density at radius 1 is 0.903 bits per heavy atom. The average molecular weight is 452 g/mol. The van der Waals surface area contributed by atoms with Crippen molar-refractivity contribution in [3.8, 4) is 5.75 Å². The number of thioether (sulfide) groups is 1. The highest BCUT2D eigenvalue weighted by Crippen LogP contribution is 2.27. The van der Waals surface area contributed by atoms with E-state index in [1.165, 1.54) is 11.8 Å². The second-order valence-electron chi connectivity index (χ2n) is 6.68. The normalized spacial score (nSPS) is 11.3. The van der Waals surface area contributed by atoms with Gasteiger partial charge in [0.15, 0.2) is 5.11 Å². The second kappa shape index (κ2) is 11.4. The zero-order chi connectivity index (χ0) is 22.1. The third-order valence-electron chi connectivity index (χ3n) is 4.24. The van der Waals surface area contributed by atoms with E-state index in [0.717, 1.165) is 27.7 Å². The summed E-state index contributed by atoms with van der Waals surface area (Å²) in [5.41, 5.74) is 2.52. The Balaban J connectivity index is 1.54. The molecule has 3 N–H and O–H groups in total. The van der Waals surface area contributed by atoms with Crippen molar-refractivity contribution in [3.05, 3.63) is 78.9 Å².